The van der Waals surface area contributed by atoms with Crippen LogP contribution in [-0.4, -0.2) is 20.2 Å². The molecule has 0 radical (unpaired) electrons. The molecule has 1 aliphatic carbocycles. The lowest BCUT2D eigenvalue weighted by atomic mass is 9.76. The lowest BCUT2D eigenvalue weighted by molar-refractivity contribution is 0.226. The van der Waals surface area contributed by atoms with Gasteiger partial charge in [0.05, 0.1) is 7.11 Å². The average Bonchev–Trinajstić information content (AvgIpc) is 2.49. The van der Waals surface area contributed by atoms with Gasteiger partial charge in [0, 0.05) is 0 Å². The zero-order chi connectivity index (χ0) is 15.1. The first kappa shape index (κ1) is 16.4. The van der Waals surface area contributed by atoms with E-state index in [-0.39, 0.29) is 0 Å². The molecule has 118 valence electrons. The number of rotatable bonds is 7. The molecule has 1 aromatic carbocycles. The van der Waals surface area contributed by atoms with Crippen molar-refractivity contribution in [2.45, 2.75) is 46.0 Å². The van der Waals surface area contributed by atoms with Crippen molar-refractivity contribution in [2.75, 3.05) is 20.2 Å². The zero-order valence-electron chi connectivity index (χ0n) is 13.9. The summed E-state index contributed by atoms with van der Waals surface area (Å²) in [5.41, 5.74) is 1.43. The zero-order valence-corrected chi connectivity index (χ0v) is 13.9. The molecule has 1 fully saturated rings. The predicted molar refractivity (Wildman–Crippen MR) is 89.9 cm³/mol. The maximum absolute atomic E-state index is 5.35. The second-order valence-corrected chi connectivity index (χ2v) is 6.91. The van der Waals surface area contributed by atoms with Gasteiger partial charge in [0.2, 0.25) is 0 Å². The fourth-order valence-corrected chi connectivity index (χ4v) is 3.48. The maximum atomic E-state index is 5.35. The Morgan fingerprint density at radius 1 is 1.19 bits per heavy atom. The van der Waals surface area contributed by atoms with Crippen LogP contribution in [0.1, 0.15) is 45.1 Å². The van der Waals surface area contributed by atoms with Gasteiger partial charge in [-0.3, -0.25) is 0 Å². The summed E-state index contributed by atoms with van der Waals surface area (Å²) in [6.45, 7) is 6.89. The van der Waals surface area contributed by atoms with Gasteiger partial charge < -0.3 is 10.1 Å². The monoisotopic (exact) mass is 289 g/mol. The standard InChI is InChI=1S/C19H31NO/c1-15(2)13-20-14-18-9-5-4-8-17(18)11-16-7-6-10-19(12-16)21-3/h6-7,10,12,15,17-18,20H,4-5,8-9,11,13-14H2,1-3H3. The molecule has 2 heteroatoms. The van der Waals surface area contributed by atoms with E-state index in [1.54, 1.807) is 7.11 Å². The lowest BCUT2D eigenvalue weighted by Crippen LogP contribution is -2.33. The van der Waals surface area contributed by atoms with Gasteiger partial charge in [-0.25, -0.2) is 0 Å². The molecule has 1 aliphatic rings. The maximum Gasteiger partial charge on any atom is 0.119 e. The molecule has 0 amide bonds. The van der Waals surface area contributed by atoms with Crippen LogP contribution in [0.3, 0.4) is 0 Å². The first-order valence-corrected chi connectivity index (χ1v) is 8.52. The molecule has 0 spiro atoms. The minimum atomic E-state index is 0.741. The van der Waals surface area contributed by atoms with Gasteiger partial charge in [0.1, 0.15) is 5.75 Å². The van der Waals surface area contributed by atoms with Crippen molar-refractivity contribution in [3.63, 3.8) is 0 Å². The quantitative estimate of drug-likeness (QED) is 0.808. The highest BCUT2D eigenvalue weighted by atomic mass is 16.5. The number of benzene rings is 1. The number of nitrogens with one attached hydrogen (secondary N) is 1. The molecule has 1 N–H and O–H groups in total. The van der Waals surface area contributed by atoms with Gasteiger partial charge in [-0.05, 0) is 67.8 Å². The van der Waals surface area contributed by atoms with Crippen molar-refractivity contribution in [1.29, 1.82) is 0 Å². The third kappa shape index (κ3) is 5.35. The van der Waals surface area contributed by atoms with Crippen LogP contribution >= 0.6 is 0 Å². The Morgan fingerprint density at radius 3 is 2.67 bits per heavy atom. The minimum Gasteiger partial charge on any atom is -0.497 e. The fraction of sp³-hybridized carbons (Fsp3) is 0.684. The molecule has 0 bridgehead atoms. The molecule has 2 unspecified atom stereocenters. The van der Waals surface area contributed by atoms with Crippen LogP contribution in [0.25, 0.3) is 0 Å². The molecule has 0 heterocycles. The molecule has 0 saturated heterocycles. The van der Waals surface area contributed by atoms with Gasteiger partial charge >= 0.3 is 0 Å². The lowest BCUT2D eigenvalue weighted by Gasteiger charge is -2.32. The Kier molecular flexibility index (Phi) is 6.56. The van der Waals surface area contributed by atoms with E-state index in [0.717, 1.165) is 30.0 Å². The largest absolute Gasteiger partial charge is 0.497 e. The van der Waals surface area contributed by atoms with Crippen LogP contribution in [0.15, 0.2) is 24.3 Å². The number of ether oxygens (including phenoxy) is 1. The van der Waals surface area contributed by atoms with Crippen molar-refractivity contribution in [3.05, 3.63) is 29.8 Å². The molecule has 21 heavy (non-hydrogen) atoms. The molecule has 2 rings (SSSR count). The van der Waals surface area contributed by atoms with Crippen LogP contribution in [0.5, 0.6) is 5.75 Å². The molecule has 2 nitrogen and oxygen atoms in total. The Morgan fingerprint density at radius 2 is 1.95 bits per heavy atom. The topological polar surface area (TPSA) is 21.3 Å². The van der Waals surface area contributed by atoms with E-state index in [4.69, 9.17) is 4.74 Å². The van der Waals surface area contributed by atoms with Crippen molar-refractivity contribution < 1.29 is 4.74 Å². The average molecular weight is 289 g/mol. The minimum absolute atomic E-state index is 0.741. The molecule has 1 aromatic rings. The van der Waals surface area contributed by atoms with E-state index in [1.807, 2.05) is 6.07 Å². The molecule has 1 saturated carbocycles. The second kappa shape index (κ2) is 8.43. The molecular formula is C19H31NO. The van der Waals surface area contributed by atoms with Crippen LogP contribution in [0, 0.1) is 17.8 Å². The third-order valence-electron chi connectivity index (χ3n) is 4.66. The third-order valence-corrected chi connectivity index (χ3v) is 4.66. The van der Waals surface area contributed by atoms with Crippen molar-refractivity contribution in [3.8, 4) is 5.75 Å². The smallest absolute Gasteiger partial charge is 0.119 e. The van der Waals surface area contributed by atoms with Crippen LogP contribution < -0.4 is 10.1 Å². The SMILES string of the molecule is COc1cccc(CC2CCCCC2CNCC(C)C)c1. The Labute approximate surface area is 130 Å². The summed E-state index contributed by atoms with van der Waals surface area (Å²) in [4.78, 5) is 0. The predicted octanol–water partition coefficient (Wildman–Crippen LogP) is 4.29. The van der Waals surface area contributed by atoms with Crippen molar-refractivity contribution in [1.82, 2.24) is 5.32 Å². The summed E-state index contributed by atoms with van der Waals surface area (Å²) < 4.78 is 5.35. The van der Waals surface area contributed by atoms with E-state index in [0.29, 0.717) is 0 Å². The highest BCUT2D eigenvalue weighted by molar-refractivity contribution is 5.28. The van der Waals surface area contributed by atoms with Crippen molar-refractivity contribution >= 4 is 0 Å². The van der Waals surface area contributed by atoms with Gasteiger partial charge in [0.25, 0.3) is 0 Å². The van der Waals surface area contributed by atoms with E-state index in [2.05, 4.69) is 37.4 Å². The van der Waals surface area contributed by atoms with Gasteiger partial charge in [-0.2, -0.15) is 0 Å². The van der Waals surface area contributed by atoms with Crippen molar-refractivity contribution in [2.24, 2.45) is 17.8 Å². The van der Waals surface area contributed by atoms with Crippen LogP contribution in [-0.2, 0) is 6.42 Å². The van der Waals surface area contributed by atoms with E-state index in [9.17, 15) is 0 Å². The Balaban J connectivity index is 1.91. The van der Waals surface area contributed by atoms with E-state index >= 15 is 0 Å². The van der Waals surface area contributed by atoms with Gasteiger partial charge in [-0.15, -0.1) is 0 Å². The first-order valence-electron chi connectivity index (χ1n) is 8.52. The summed E-state index contributed by atoms with van der Waals surface area (Å²) in [6, 6.07) is 8.60. The van der Waals surface area contributed by atoms with Gasteiger partial charge in [0.15, 0.2) is 0 Å². The van der Waals surface area contributed by atoms with Gasteiger partial charge in [-0.1, -0.05) is 38.8 Å². The van der Waals surface area contributed by atoms with E-state index < -0.39 is 0 Å². The number of hydrogen-bond acceptors (Lipinski definition) is 2. The highest BCUT2D eigenvalue weighted by Crippen LogP contribution is 2.32. The highest BCUT2D eigenvalue weighted by Gasteiger charge is 2.25. The number of hydrogen-bond donors (Lipinski definition) is 1. The Bertz CT molecular complexity index is 416. The summed E-state index contributed by atoms with van der Waals surface area (Å²) in [5, 5.41) is 3.67. The van der Waals surface area contributed by atoms with E-state index in [1.165, 1.54) is 44.2 Å². The molecular weight excluding hydrogens is 258 g/mol. The summed E-state index contributed by atoms with van der Waals surface area (Å²) >= 11 is 0. The fourth-order valence-electron chi connectivity index (χ4n) is 3.48. The summed E-state index contributed by atoms with van der Waals surface area (Å²) in [5.74, 6) is 3.39. The molecule has 2 atom stereocenters. The molecule has 0 aliphatic heterocycles. The normalized spacial score (nSPS) is 22.5. The van der Waals surface area contributed by atoms with Crippen LogP contribution in [0.2, 0.25) is 0 Å². The Hall–Kier alpha value is -1.02. The second-order valence-electron chi connectivity index (χ2n) is 6.91. The summed E-state index contributed by atoms with van der Waals surface area (Å²) in [6.07, 6.45) is 6.77. The first-order chi connectivity index (χ1) is 10.2. The summed E-state index contributed by atoms with van der Waals surface area (Å²) in [7, 11) is 1.75. The molecule has 0 aromatic heterocycles. The van der Waals surface area contributed by atoms with Crippen LogP contribution in [0.4, 0.5) is 0 Å². The number of methoxy groups -OCH3 is 1.